The molecule has 9 nitrogen and oxygen atoms in total. The third kappa shape index (κ3) is 5.27. The Hall–Kier alpha value is -3.37. The third-order valence-corrected chi connectivity index (χ3v) is 6.19. The number of ether oxygens (including phenoxy) is 1. The molecule has 0 radical (unpaired) electrons. The summed E-state index contributed by atoms with van der Waals surface area (Å²) in [5.41, 5.74) is 3.18. The molecule has 0 spiro atoms. The van der Waals surface area contributed by atoms with Crippen LogP contribution in [0.3, 0.4) is 0 Å². The van der Waals surface area contributed by atoms with Crippen molar-refractivity contribution in [3.63, 3.8) is 0 Å². The molecular formula is C22H24N6O3S. The predicted molar refractivity (Wildman–Crippen MR) is 124 cm³/mol. The van der Waals surface area contributed by atoms with Crippen molar-refractivity contribution in [1.82, 2.24) is 14.8 Å². The molecule has 3 amide bonds. The Bertz CT molecular complexity index is 1100. The number of rotatable bonds is 6. The van der Waals surface area contributed by atoms with Crippen LogP contribution in [-0.2, 0) is 16.6 Å². The van der Waals surface area contributed by atoms with Crippen molar-refractivity contribution in [2.45, 2.75) is 17.3 Å². The first-order valence-corrected chi connectivity index (χ1v) is 11.0. The van der Waals surface area contributed by atoms with Crippen molar-refractivity contribution in [3.05, 3.63) is 60.4 Å². The van der Waals surface area contributed by atoms with Gasteiger partial charge in [-0.25, -0.2) is 4.79 Å². The molecule has 0 saturated carbocycles. The lowest BCUT2D eigenvalue weighted by Gasteiger charge is -2.26. The molecule has 1 aromatic heterocycles. The van der Waals surface area contributed by atoms with Gasteiger partial charge in [-0.2, -0.15) is 0 Å². The number of nitrogens with one attached hydrogen (secondary N) is 2. The molecule has 0 aliphatic carbocycles. The first-order valence-electron chi connectivity index (χ1n) is 10.2. The quantitative estimate of drug-likeness (QED) is 0.554. The number of hydrogen-bond donors (Lipinski definition) is 2. The average molecular weight is 453 g/mol. The lowest BCUT2D eigenvalue weighted by atomic mass is 10.1. The number of nitrogens with zero attached hydrogens (tertiary/aromatic N) is 4. The smallest absolute Gasteiger partial charge is 0.323 e. The highest BCUT2D eigenvalue weighted by Gasteiger charge is 2.20. The van der Waals surface area contributed by atoms with Gasteiger partial charge in [0.25, 0.3) is 5.91 Å². The van der Waals surface area contributed by atoms with Crippen LogP contribution in [0.25, 0.3) is 0 Å². The summed E-state index contributed by atoms with van der Waals surface area (Å²) in [4.78, 5) is 26.1. The number of aromatic nitrogens is 3. The van der Waals surface area contributed by atoms with Gasteiger partial charge in [0, 0.05) is 35.9 Å². The summed E-state index contributed by atoms with van der Waals surface area (Å²) in [6, 6.07) is 14.5. The van der Waals surface area contributed by atoms with Crippen LogP contribution in [-0.4, -0.2) is 46.5 Å². The Labute approximate surface area is 190 Å². The SMILES string of the molecule is C[C@H](Sc1nncn1C)c1cccc(NC(=O)Nc2ccc(N3CCOCC3=O)cc2)c1. The number of thioether (sulfide) groups is 1. The van der Waals surface area contributed by atoms with Gasteiger partial charge in [0.1, 0.15) is 12.9 Å². The molecule has 0 unspecified atom stereocenters. The molecule has 1 aliphatic rings. The van der Waals surface area contributed by atoms with E-state index in [9.17, 15) is 9.59 Å². The Morgan fingerprint density at radius 2 is 1.94 bits per heavy atom. The highest BCUT2D eigenvalue weighted by Crippen LogP contribution is 2.34. The maximum absolute atomic E-state index is 12.5. The van der Waals surface area contributed by atoms with Gasteiger partial charge in [0.05, 0.1) is 6.61 Å². The summed E-state index contributed by atoms with van der Waals surface area (Å²) >= 11 is 1.60. The number of carbonyl (C=O) groups is 2. The normalized spacial score (nSPS) is 14.8. The molecule has 2 aromatic carbocycles. The molecule has 1 saturated heterocycles. The van der Waals surface area contributed by atoms with Gasteiger partial charge in [-0.05, 0) is 48.9 Å². The Kier molecular flexibility index (Phi) is 6.72. The van der Waals surface area contributed by atoms with E-state index in [0.717, 1.165) is 16.4 Å². The summed E-state index contributed by atoms with van der Waals surface area (Å²) in [6.45, 7) is 3.22. The summed E-state index contributed by atoms with van der Waals surface area (Å²) < 4.78 is 7.03. The molecule has 1 aliphatic heterocycles. The molecule has 4 rings (SSSR count). The number of morpholine rings is 1. The van der Waals surface area contributed by atoms with Crippen molar-refractivity contribution in [2.24, 2.45) is 7.05 Å². The van der Waals surface area contributed by atoms with Crippen LogP contribution in [0.2, 0.25) is 0 Å². The molecular weight excluding hydrogens is 428 g/mol. The van der Waals surface area contributed by atoms with Crippen LogP contribution in [0.5, 0.6) is 0 Å². The summed E-state index contributed by atoms with van der Waals surface area (Å²) in [6.07, 6.45) is 1.67. The van der Waals surface area contributed by atoms with Gasteiger partial charge in [-0.3, -0.25) is 4.79 Å². The predicted octanol–water partition coefficient (Wildman–Crippen LogP) is 3.68. The fraction of sp³-hybridized carbons (Fsp3) is 0.273. The van der Waals surface area contributed by atoms with Crippen LogP contribution in [0.1, 0.15) is 17.7 Å². The van der Waals surface area contributed by atoms with Gasteiger partial charge < -0.3 is 24.8 Å². The number of benzene rings is 2. The molecule has 1 atom stereocenters. The Morgan fingerprint density at radius 3 is 2.66 bits per heavy atom. The zero-order valence-electron chi connectivity index (χ0n) is 17.8. The molecule has 2 heterocycles. The first kappa shape index (κ1) is 21.8. The Morgan fingerprint density at radius 1 is 1.16 bits per heavy atom. The monoisotopic (exact) mass is 452 g/mol. The highest BCUT2D eigenvalue weighted by molar-refractivity contribution is 7.99. The number of carbonyl (C=O) groups excluding carboxylic acids is 2. The van der Waals surface area contributed by atoms with E-state index in [2.05, 4.69) is 27.8 Å². The molecule has 1 fully saturated rings. The fourth-order valence-corrected chi connectivity index (χ4v) is 4.19. The van der Waals surface area contributed by atoms with Gasteiger partial charge >= 0.3 is 6.03 Å². The van der Waals surface area contributed by atoms with Gasteiger partial charge in [0.2, 0.25) is 0 Å². The zero-order chi connectivity index (χ0) is 22.5. The van der Waals surface area contributed by atoms with E-state index in [1.807, 2.05) is 48.0 Å². The molecule has 32 heavy (non-hydrogen) atoms. The zero-order valence-corrected chi connectivity index (χ0v) is 18.6. The highest BCUT2D eigenvalue weighted by atomic mass is 32.2. The third-order valence-electron chi connectivity index (χ3n) is 4.99. The van der Waals surface area contributed by atoms with Crippen LogP contribution < -0.4 is 15.5 Å². The van der Waals surface area contributed by atoms with Crippen molar-refractivity contribution in [3.8, 4) is 0 Å². The number of amides is 3. The fourth-order valence-electron chi connectivity index (χ4n) is 3.28. The minimum Gasteiger partial charge on any atom is -0.370 e. The van der Waals surface area contributed by atoms with Crippen molar-refractivity contribution < 1.29 is 14.3 Å². The molecule has 2 N–H and O–H groups in total. The first-order chi connectivity index (χ1) is 15.5. The largest absolute Gasteiger partial charge is 0.370 e. The number of hydrogen-bond acceptors (Lipinski definition) is 6. The Balaban J connectivity index is 1.35. The molecule has 0 bridgehead atoms. The van der Waals surface area contributed by atoms with Crippen molar-refractivity contribution in [2.75, 3.05) is 35.3 Å². The lowest BCUT2D eigenvalue weighted by molar-refractivity contribution is -0.125. The second kappa shape index (κ2) is 9.84. The minimum atomic E-state index is -0.342. The standard InChI is InChI=1S/C22H24N6O3S/c1-15(32-22-26-23-14-27(22)2)16-4-3-5-18(12-16)25-21(30)24-17-6-8-19(9-7-17)28-10-11-31-13-20(28)29/h3-9,12,14-15H,10-11,13H2,1-2H3,(H2,24,25,30)/t15-/m0/s1. The van der Waals surface area contributed by atoms with Crippen LogP contribution in [0.15, 0.2) is 60.0 Å². The van der Waals surface area contributed by atoms with Crippen molar-refractivity contribution in [1.29, 1.82) is 0 Å². The molecule has 10 heteroatoms. The van der Waals surface area contributed by atoms with Crippen LogP contribution >= 0.6 is 11.8 Å². The van der Waals surface area contributed by atoms with Gasteiger partial charge in [-0.15, -0.1) is 10.2 Å². The van der Waals surface area contributed by atoms with Gasteiger partial charge in [-0.1, -0.05) is 23.9 Å². The van der Waals surface area contributed by atoms with E-state index >= 15 is 0 Å². The topological polar surface area (TPSA) is 101 Å². The lowest BCUT2D eigenvalue weighted by Crippen LogP contribution is -2.41. The summed E-state index contributed by atoms with van der Waals surface area (Å²) in [7, 11) is 1.91. The number of urea groups is 1. The van der Waals surface area contributed by atoms with Crippen LogP contribution in [0, 0.1) is 0 Å². The van der Waals surface area contributed by atoms with E-state index in [-0.39, 0.29) is 23.8 Å². The van der Waals surface area contributed by atoms with E-state index in [4.69, 9.17) is 4.74 Å². The van der Waals surface area contributed by atoms with Crippen LogP contribution in [0.4, 0.5) is 21.9 Å². The minimum absolute atomic E-state index is 0.0684. The number of aryl methyl sites for hydroxylation is 1. The second-order valence-corrected chi connectivity index (χ2v) is 8.64. The van der Waals surface area contributed by atoms with Gasteiger partial charge in [0.15, 0.2) is 5.16 Å². The van der Waals surface area contributed by atoms with E-state index in [1.165, 1.54) is 0 Å². The summed E-state index contributed by atoms with van der Waals surface area (Å²) in [5, 5.41) is 14.7. The number of anilines is 3. The molecule has 3 aromatic rings. The second-order valence-electron chi connectivity index (χ2n) is 7.33. The van der Waals surface area contributed by atoms with E-state index < -0.39 is 0 Å². The maximum atomic E-state index is 12.5. The van der Waals surface area contributed by atoms with E-state index in [1.54, 1.807) is 35.1 Å². The van der Waals surface area contributed by atoms with Crippen molar-refractivity contribution >= 4 is 40.8 Å². The summed E-state index contributed by atoms with van der Waals surface area (Å²) in [5.74, 6) is -0.0684. The van der Waals surface area contributed by atoms with E-state index in [0.29, 0.717) is 24.5 Å². The maximum Gasteiger partial charge on any atom is 0.323 e. The molecule has 166 valence electrons. The average Bonchev–Trinajstić information content (AvgIpc) is 3.19.